The number of carbonyl (C=O) groups excluding carboxylic acids is 1. The summed E-state index contributed by atoms with van der Waals surface area (Å²) in [5, 5.41) is 9.38. The van der Waals surface area contributed by atoms with Gasteiger partial charge in [0.25, 0.3) is 0 Å². The van der Waals surface area contributed by atoms with E-state index in [1.807, 2.05) is 78.2 Å². The molecule has 0 saturated carbocycles. The lowest BCUT2D eigenvalue weighted by Gasteiger charge is -2.37. The van der Waals surface area contributed by atoms with E-state index in [0.717, 1.165) is 32.9 Å². The van der Waals surface area contributed by atoms with Crippen molar-refractivity contribution in [3.8, 4) is 0 Å². The van der Waals surface area contributed by atoms with E-state index < -0.39 is 0 Å². The van der Waals surface area contributed by atoms with Gasteiger partial charge in [0.15, 0.2) is 5.16 Å². The van der Waals surface area contributed by atoms with Crippen molar-refractivity contribution in [2.75, 3.05) is 16.4 Å². The molecule has 5 nitrogen and oxygen atoms in total. The maximum absolute atomic E-state index is 13.6. The van der Waals surface area contributed by atoms with E-state index in [1.165, 1.54) is 17.3 Å². The number of hydrogen-bond donors (Lipinski definition) is 0. The monoisotopic (exact) mass is 472 g/mol. The zero-order valence-corrected chi connectivity index (χ0v) is 19.9. The Hall–Kier alpha value is -3.03. The predicted octanol–water partition coefficient (Wildman–Crippen LogP) is 5.61. The molecule has 0 bridgehead atoms. The zero-order chi connectivity index (χ0) is 22.6. The Morgan fingerprint density at radius 2 is 1.67 bits per heavy atom. The molecule has 0 aliphatic carbocycles. The van der Waals surface area contributed by atoms with Crippen molar-refractivity contribution in [1.29, 1.82) is 0 Å². The fourth-order valence-corrected chi connectivity index (χ4v) is 6.04. The number of carbonyl (C=O) groups is 1. The molecular formula is C26H24N4OS2. The highest BCUT2D eigenvalue weighted by molar-refractivity contribution is 8.00. The highest BCUT2D eigenvalue weighted by Gasteiger charge is 2.32. The zero-order valence-electron chi connectivity index (χ0n) is 18.3. The summed E-state index contributed by atoms with van der Waals surface area (Å²) in [7, 11) is 0. The smallest absolute Gasteiger partial charge is 0.238 e. The van der Waals surface area contributed by atoms with Crippen LogP contribution >= 0.6 is 23.5 Å². The molecule has 1 aliphatic rings. The summed E-state index contributed by atoms with van der Waals surface area (Å²) in [5.74, 6) is 2.06. The average molecular weight is 473 g/mol. The number of amides is 1. The lowest BCUT2D eigenvalue weighted by molar-refractivity contribution is -0.116. The number of anilines is 1. The molecule has 33 heavy (non-hydrogen) atoms. The Morgan fingerprint density at radius 3 is 2.45 bits per heavy atom. The molecule has 166 valence electrons. The minimum atomic E-state index is 0.00289. The highest BCUT2D eigenvalue weighted by atomic mass is 32.2. The third-order valence-electron chi connectivity index (χ3n) is 5.70. The quantitative estimate of drug-likeness (QED) is 0.342. The molecule has 0 N–H and O–H groups in total. The Bertz CT molecular complexity index is 1240. The fourth-order valence-electron chi connectivity index (χ4n) is 4.03. The Labute approximate surface area is 202 Å². The van der Waals surface area contributed by atoms with Gasteiger partial charge in [-0.1, -0.05) is 84.6 Å². The van der Waals surface area contributed by atoms with Crippen molar-refractivity contribution in [3.05, 3.63) is 102 Å². The van der Waals surface area contributed by atoms with Crippen molar-refractivity contribution in [3.63, 3.8) is 0 Å². The molecule has 3 aromatic carbocycles. The second-order valence-corrected chi connectivity index (χ2v) is 9.86. The lowest BCUT2D eigenvalue weighted by atomic mass is 10.1. The maximum atomic E-state index is 13.6. The van der Waals surface area contributed by atoms with Crippen molar-refractivity contribution in [2.24, 2.45) is 0 Å². The molecule has 1 amide bonds. The number of thioether (sulfide) groups is 2. The van der Waals surface area contributed by atoms with Crippen LogP contribution in [0.2, 0.25) is 0 Å². The summed E-state index contributed by atoms with van der Waals surface area (Å²) in [5.41, 5.74) is 3.32. The standard InChI is InChI=1S/C26H24N4OS2/c1-19-27-28-26(29(19)16-20-10-4-2-5-11-20)33-18-25(31)30-22-14-8-9-15-24(22)32-17-23(30)21-12-6-3-7-13-21/h2-15,23H,16-18H2,1H3/t23-/m0/s1. The van der Waals surface area contributed by atoms with Gasteiger partial charge in [-0.25, -0.2) is 0 Å². The van der Waals surface area contributed by atoms with Crippen LogP contribution in [0.1, 0.15) is 23.0 Å². The van der Waals surface area contributed by atoms with Gasteiger partial charge in [-0.3, -0.25) is 4.79 Å². The molecule has 0 spiro atoms. The van der Waals surface area contributed by atoms with Gasteiger partial charge in [-0.2, -0.15) is 0 Å². The van der Waals surface area contributed by atoms with Crippen LogP contribution < -0.4 is 4.90 Å². The predicted molar refractivity (Wildman–Crippen MR) is 135 cm³/mol. The van der Waals surface area contributed by atoms with Crippen molar-refractivity contribution in [1.82, 2.24) is 14.8 Å². The highest BCUT2D eigenvalue weighted by Crippen LogP contribution is 2.43. The number of nitrogens with zero attached hydrogens (tertiary/aromatic N) is 4. The molecule has 5 rings (SSSR count). The van der Waals surface area contributed by atoms with E-state index in [4.69, 9.17) is 0 Å². The molecule has 2 heterocycles. The maximum Gasteiger partial charge on any atom is 0.238 e. The summed E-state index contributed by atoms with van der Waals surface area (Å²) < 4.78 is 2.07. The van der Waals surface area contributed by atoms with E-state index in [2.05, 4.69) is 45.1 Å². The first kappa shape index (κ1) is 21.8. The third kappa shape index (κ3) is 4.70. The molecular weight excluding hydrogens is 448 g/mol. The summed E-state index contributed by atoms with van der Waals surface area (Å²) in [6.45, 7) is 2.64. The fraction of sp³-hybridized carbons (Fsp3) is 0.192. The van der Waals surface area contributed by atoms with Crippen LogP contribution in [-0.4, -0.2) is 32.2 Å². The lowest BCUT2D eigenvalue weighted by Crippen LogP contribution is -2.39. The van der Waals surface area contributed by atoms with E-state index >= 15 is 0 Å². The molecule has 0 saturated heterocycles. The number of para-hydroxylation sites is 1. The second-order valence-electron chi connectivity index (χ2n) is 7.86. The molecule has 0 unspecified atom stereocenters. The molecule has 7 heteroatoms. The van der Waals surface area contributed by atoms with Crippen LogP contribution in [-0.2, 0) is 11.3 Å². The molecule has 0 radical (unpaired) electrons. The number of hydrogen-bond acceptors (Lipinski definition) is 5. The molecule has 4 aromatic rings. The van der Waals surface area contributed by atoms with Crippen LogP contribution in [0.15, 0.2) is 95.0 Å². The van der Waals surface area contributed by atoms with Gasteiger partial charge in [0, 0.05) is 10.6 Å². The van der Waals surface area contributed by atoms with E-state index in [1.54, 1.807) is 0 Å². The first-order chi connectivity index (χ1) is 16.2. The Balaban J connectivity index is 1.39. The first-order valence-electron chi connectivity index (χ1n) is 10.9. The van der Waals surface area contributed by atoms with Crippen LogP contribution in [0.25, 0.3) is 0 Å². The molecule has 0 fully saturated rings. The van der Waals surface area contributed by atoms with Gasteiger partial charge in [0.05, 0.1) is 24.0 Å². The number of rotatable bonds is 6. The van der Waals surface area contributed by atoms with Crippen molar-refractivity contribution < 1.29 is 4.79 Å². The number of aryl methyl sites for hydroxylation is 1. The summed E-state index contributed by atoms with van der Waals surface area (Å²) >= 11 is 3.26. The number of fused-ring (bicyclic) bond motifs is 1. The Kier molecular flexibility index (Phi) is 6.51. The molecule has 1 aromatic heterocycles. The Morgan fingerprint density at radius 1 is 0.970 bits per heavy atom. The minimum absolute atomic E-state index is 0.00289. The van der Waals surface area contributed by atoms with Crippen LogP contribution in [0.4, 0.5) is 5.69 Å². The minimum Gasteiger partial charge on any atom is -0.302 e. The van der Waals surface area contributed by atoms with Gasteiger partial charge >= 0.3 is 0 Å². The van der Waals surface area contributed by atoms with Gasteiger partial charge in [0.2, 0.25) is 5.91 Å². The van der Waals surface area contributed by atoms with Crippen LogP contribution in [0.3, 0.4) is 0 Å². The van der Waals surface area contributed by atoms with Crippen LogP contribution in [0, 0.1) is 6.92 Å². The number of benzene rings is 3. The van der Waals surface area contributed by atoms with E-state index in [9.17, 15) is 4.79 Å². The van der Waals surface area contributed by atoms with E-state index in [-0.39, 0.29) is 11.9 Å². The van der Waals surface area contributed by atoms with Gasteiger partial charge in [0.1, 0.15) is 5.82 Å². The van der Waals surface area contributed by atoms with Gasteiger partial charge in [-0.05, 0) is 30.2 Å². The topological polar surface area (TPSA) is 51.0 Å². The number of aromatic nitrogens is 3. The first-order valence-corrected chi connectivity index (χ1v) is 12.8. The third-order valence-corrected chi connectivity index (χ3v) is 7.79. The van der Waals surface area contributed by atoms with Crippen molar-refractivity contribution in [2.45, 2.75) is 29.6 Å². The SMILES string of the molecule is Cc1nnc(SCC(=O)N2c3ccccc3SC[C@H]2c2ccccc2)n1Cc1ccccc1. The molecule has 1 atom stereocenters. The van der Waals surface area contributed by atoms with Crippen molar-refractivity contribution >= 4 is 35.1 Å². The second kappa shape index (κ2) is 9.85. The summed E-state index contributed by atoms with van der Waals surface area (Å²) in [6.07, 6.45) is 0. The summed E-state index contributed by atoms with van der Waals surface area (Å²) in [6, 6.07) is 28.7. The average Bonchev–Trinajstić information content (AvgIpc) is 3.21. The van der Waals surface area contributed by atoms with E-state index in [0.29, 0.717) is 12.3 Å². The normalized spacial score (nSPS) is 15.3. The van der Waals surface area contributed by atoms with Crippen LogP contribution in [0.5, 0.6) is 0 Å². The molecule has 1 aliphatic heterocycles. The summed E-state index contributed by atoms with van der Waals surface area (Å²) in [4.78, 5) is 16.7. The largest absolute Gasteiger partial charge is 0.302 e. The van der Waals surface area contributed by atoms with Gasteiger partial charge < -0.3 is 9.47 Å². The van der Waals surface area contributed by atoms with Gasteiger partial charge in [-0.15, -0.1) is 22.0 Å².